The van der Waals surface area contributed by atoms with Gasteiger partial charge in [-0.3, -0.25) is 4.79 Å². The van der Waals surface area contributed by atoms with Gasteiger partial charge < -0.3 is 9.32 Å². The lowest BCUT2D eigenvalue weighted by Gasteiger charge is -2.31. The molecule has 2 aliphatic rings. The van der Waals surface area contributed by atoms with Gasteiger partial charge in [0.15, 0.2) is 5.76 Å². The number of furan rings is 1. The number of likely N-dealkylation sites (tertiary alicyclic amines) is 1. The van der Waals surface area contributed by atoms with E-state index in [-0.39, 0.29) is 34.1 Å². The molecule has 1 N–H and O–H groups in total. The van der Waals surface area contributed by atoms with E-state index in [0.717, 1.165) is 12.8 Å². The van der Waals surface area contributed by atoms with Gasteiger partial charge in [-0.2, -0.15) is 4.31 Å². The fraction of sp³-hybridized carbons (Fsp3) is 0.722. The molecule has 2 saturated heterocycles. The highest BCUT2D eigenvalue weighted by Gasteiger charge is 2.33. The first-order valence-electron chi connectivity index (χ1n) is 10.0. The standard InChI is InChI=1S/C18H29N3O6S2/c1-3-12-28(23,24)19-15-6-10-20(11-7-15)18(22)16-13-17(14(2)27-16)29(25,26)21-8-4-5-9-21/h13,15,19H,3-12H2,1-2H3. The van der Waals surface area contributed by atoms with Crippen molar-refractivity contribution in [1.82, 2.24) is 13.9 Å². The molecular formula is C18H29N3O6S2. The summed E-state index contributed by atoms with van der Waals surface area (Å²) in [5.74, 6) is -0.0647. The summed E-state index contributed by atoms with van der Waals surface area (Å²) in [7, 11) is -6.95. The van der Waals surface area contributed by atoms with Crippen molar-refractivity contribution >= 4 is 26.0 Å². The van der Waals surface area contributed by atoms with Crippen LogP contribution >= 0.6 is 0 Å². The molecule has 2 aliphatic heterocycles. The maximum absolute atomic E-state index is 12.8. The summed E-state index contributed by atoms with van der Waals surface area (Å²) in [5.41, 5.74) is 0. The quantitative estimate of drug-likeness (QED) is 0.673. The fourth-order valence-corrected chi connectivity index (χ4v) is 6.91. The summed E-state index contributed by atoms with van der Waals surface area (Å²) in [6.45, 7) is 5.09. The second-order valence-electron chi connectivity index (χ2n) is 7.65. The van der Waals surface area contributed by atoms with Crippen LogP contribution in [0.2, 0.25) is 0 Å². The SMILES string of the molecule is CCCS(=O)(=O)NC1CCN(C(=O)c2cc(S(=O)(=O)N3CCCC3)c(C)o2)CC1. The molecule has 3 rings (SSSR count). The van der Waals surface area contributed by atoms with E-state index in [1.54, 1.807) is 11.8 Å². The molecule has 2 fully saturated rings. The third-order valence-electron chi connectivity index (χ3n) is 5.37. The Hall–Kier alpha value is -1.43. The van der Waals surface area contributed by atoms with Crippen LogP contribution in [0.25, 0.3) is 0 Å². The van der Waals surface area contributed by atoms with Crippen LogP contribution in [0.4, 0.5) is 0 Å². The first-order valence-corrected chi connectivity index (χ1v) is 13.1. The van der Waals surface area contributed by atoms with E-state index in [1.165, 1.54) is 10.4 Å². The number of carbonyl (C=O) groups excluding carboxylic acids is 1. The van der Waals surface area contributed by atoms with Gasteiger partial charge in [0, 0.05) is 38.3 Å². The van der Waals surface area contributed by atoms with Gasteiger partial charge in [0.1, 0.15) is 10.7 Å². The van der Waals surface area contributed by atoms with Crippen molar-refractivity contribution in [3.8, 4) is 0 Å². The van der Waals surface area contributed by atoms with Crippen LogP contribution in [-0.2, 0) is 20.0 Å². The lowest BCUT2D eigenvalue weighted by molar-refractivity contribution is 0.0677. The fourth-order valence-electron chi connectivity index (χ4n) is 3.83. The summed E-state index contributed by atoms with van der Waals surface area (Å²) < 4.78 is 59.0. The highest BCUT2D eigenvalue weighted by Crippen LogP contribution is 2.27. The molecule has 0 bridgehead atoms. The molecule has 9 nitrogen and oxygen atoms in total. The number of rotatable bonds is 7. The van der Waals surface area contributed by atoms with Crippen LogP contribution < -0.4 is 4.72 Å². The van der Waals surface area contributed by atoms with Crippen molar-refractivity contribution in [3.63, 3.8) is 0 Å². The number of nitrogens with one attached hydrogen (secondary N) is 1. The van der Waals surface area contributed by atoms with Crippen LogP contribution in [0.5, 0.6) is 0 Å². The summed E-state index contributed by atoms with van der Waals surface area (Å²) in [4.78, 5) is 14.4. The first kappa shape index (κ1) is 22.3. The molecule has 0 radical (unpaired) electrons. The minimum Gasteiger partial charge on any atom is -0.455 e. The molecule has 29 heavy (non-hydrogen) atoms. The molecule has 3 heterocycles. The highest BCUT2D eigenvalue weighted by atomic mass is 32.2. The monoisotopic (exact) mass is 447 g/mol. The Kier molecular flexibility index (Phi) is 6.71. The summed E-state index contributed by atoms with van der Waals surface area (Å²) in [6.07, 6.45) is 3.23. The van der Waals surface area contributed by atoms with Crippen LogP contribution in [0.3, 0.4) is 0 Å². The van der Waals surface area contributed by atoms with Crippen LogP contribution in [0.1, 0.15) is 55.3 Å². The van der Waals surface area contributed by atoms with E-state index in [4.69, 9.17) is 4.42 Å². The van der Waals surface area contributed by atoms with Crippen LogP contribution in [0, 0.1) is 6.92 Å². The summed E-state index contributed by atoms with van der Waals surface area (Å²) in [6, 6.07) is 1.13. The molecule has 0 aromatic carbocycles. The van der Waals surface area contributed by atoms with E-state index in [1.807, 2.05) is 6.92 Å². The Morgan fingerprint density at radius 3 is 2.34 bits per heavy atom. The van der Waals surface area contributed by atoms with Gasteiger partial charge in [0.05, 0.1) is 5.75 Å². The van der Waals surface area contributed by atoms with E-state index < -0.39 is 20.0 Å². The van der Waals surface area contributed by atoms with Crippen molar-refractivity contribution in [3.05, 3.63) is 17.6 Å². The zero-order chi connectivity index (χ0) is 21.2. The number of amides is 1. The van der Waals surface area contributed by atoms with Crippen molar-refractivity contribution in [2.24, 2.45) is 0 Å². The normalized spacial score (nSPS) is 19.7. The van der Waals surface area contributed by atoms with Gasteiger partial charge in [-0.05, 0) is 39.0 Å². The molecule has 0 atom stereocenters. The van der Waals surface area contributed by atoms with E-state index in [2.05, 4.69) is 4.72 Å². The summed E-state index contributed by atoms with van der Waals surface area (Å²) >= 11 is 0. The zero-order valence-electron chi connectivity index (χ0n) is 16.9. The lowest BCUT2D eigenvalue weighted by atomic mass is 10.1. The average Bonchev–Trinajstić information content (AvgIpc) is 3.31. The number of hydrogen-bond donors (Lipinski definition) is 1. The van der Waals surface area contributed by atoms with Crippen LogP contribution in [0.15, 0.2) is 15.4 Å². The molecule has 164 valence electrons. The number of carbonyl (C=O) groups is 1. The molecule has 0 saturated carbocycles. The minimum atomic E-state index is -3.66. The lowest BCUT2D eigenvalue weighted by Crippen LogP contribution is -2.46. The number of hydrogen-bond acceptors (Lipinski definition) is 6. The third-order valence-corrected chi connectivity index (χ3v) is 9.01. The number of nitrogens with zero attached hydrogens (tertiary/aromatic N) is 2. The first-order chi connectivity index (χ1) is 13.6. The zero-order valence-corrected chi connectivity index (χ0v) is 18.5. The Balaban J connectivity index is 1.65. The Morgan fingerprint density at radius 2 is 1.76 bits per heavy atom. The molecule has 0 spiro atoms. The Labute approximate surface area is 172 Å². The van der Waals surface area contributed by atoms with E-state index in [0.29, 0.717) is 45.4 Å². The van der Waals surface area contributed by atoms with Crippen molar-refractivity contribution in [2.45, 2.75) is 56.9 Å². The van der Waals surface area contributed by atoms with Gasteiger partial charge in [-0.1, -0.05) is 6.92 Å². The smallest absolute Gasteiger partial charge is 0.289 e. The number of sulfonamides is 2. The largest absolute Gasteiger partial charge is 0.455 e. The van der Waals surface area contributed by atoms with Gasteiger partial charge in [0.2, 0.25) is 20.0 Å². The van der Waals surface area contributed by atoms with Crippen molar-refractivity contribution in [1.29, 1.82) is 0 Å². The predicted octanol–water partition coefficient (Wildman–Crippen LogP) is 1.31. The minimum absolute atomic E-state index is 0.00489. The third kappa shape index (κ3) is 5.01. The van der Waals surface area contributed by atoms with Crippen LogP contribution in [-0.4, -0.2) is 69.9 Å². The molecule has 1 aromatic heterocycles. The predicted molar refractivity (Wildman–Crippen MR) is 108 cm³/mol. The average molecular weight is 448 g/mol. The molecular weight excluding hydrogens is 418 g/mol. The Bertz CT molecular complexity index is 940. The summed E-state index contributed by atoms with van der Waals surface area (Å²) in [5, 5.41) is 0. The maximum atomic E-state index is 12.8. The van der Waals surface area contributed by atoms with Gasteiger partial charge >= 0.3 is 0 Å². The van der Waals surface area contributed by atoms with Gasteiger partial charge in [-0.25, -0.2) is 21.6 Å². The second-order valence-corrected chi connectivity index (χ2v) is 11.4. The second kappa shape index (κ2) is 8.75. The van der Waals surface area contributed by atoms with Gasteiger partial charge in [-0.15, -0.1) is 0 Å². The van der Waals surface area contributed by atoms with Crippen molar-refractivity contribution < 1.29 is 26.0 Å². The molecule has 11 heteroatoms. The highest BCUT2D eigenvalue weighted by molar-refractivity contribution is 7.89. The van der Waals surface area contributed by atoms with Gasteiger partial charge in [0.25, 0.3) is 5.91 Å². The maximum Gasteiger partial charge on any atom is 0.289 e. The van der Waals surface area contributed by atoms with E-state index >= 15 is 0 Å². The molecule has 0 unspecified atom stereocenters. The Morgan fingerprint density at radius 1 is 1.14 bits per heavy atom. The van der Waals surface area contributed by atoms with Crippen molar-refractivity contribution in [2.75, 3.05) is 31.9 Å². The number of aryl methyl sites for hydroxylation is 1. The molecule has 0 aliphatic carbocycles. The topological polar surface area (TPSA) is 117 Å². The molecule has 1 amide bonds. The van der Waals surface area contributed by atoms with E-state index in [9.17, 15) is 21.6 Å². The molecule has 1 aromatic rings. The number of piperidine rings is 1.